The van der Waals surface area contributed by atoms with E-state index >= 15 is 0 Å². The van der Waals surface area contributed by atoms with E-state index in [1.54, 1.807) is 56.3 Å². The van der Waals surface area contributed by atoms with Crippen molar-refractivity contribution in [2.75, 3.05) is 23.8 Å². The first-order chi connectivity index (χ1) is 16.3. The molecule has 3 aromatic carbocycles. The molecule has 0 bridgehead atoms. The van der Waals surface area contributed by atoms with Crippen LogP contribution in [0.25, 0.3) is 0 Å². The molecule has 2 amide bonds. The number of nitrogens with one attached hydrogen (secondary N) is 2. The Balaban J connectivity index is 1.98. The summed E-state index contributed by atoms with van der Waals surface area (Å²) < 4.78 is 12.0. The Morgan fingerprint density at radius 3 is 1.68 bits per heavy atom. The third-order valence-electron chi connectivity index (χ3n) is 4.70. The van der Waals surface area contributed by atoms with E-state index in [1.165, 1.54) is 18.2 Å². The number of carbonyl (C=O) groups is 3. The molecule has 0 saturated carbocycles. The van der Waals surface area contributed by atoms with Gasteiger partial charge in [-0.05, 0) is 54.0 Å². The van der Waals surface area contributed by atoms with Crippen molar-refractivity contribution < 1.29 is 29.0 Å². The molecule has 3 N–H and O–H groups in total. The van der Waals surface area contributed by atoms with Crippen molar-refractivity contribution in [3.8, 4) is 11.5 Å². The summed E-state index contributed by atoms with van der Waals surface area (Å²) in [5.74, 6) is -1.59. The first-order valence-corrected chi connectivity index (χ1v) is 11.3. The Morgan fingerprint density at radius 2 is 1.21 bits per heavy atom. The zero-order valence-electron chi connectivity index (χ0n) is 18.6. The van der Waals surface area contributed by atoms with Crippen LogP contribution < -0.4 is 20.1 Å². The van der Waals surface area contributed by atoms with Crippen LogP contribution in [0.2, 0.25) is 0 Å². The molecule has 9 heteroatoms. The number of anilines is 2. The highest BCUT2D eigenvalue weighted by Gasteiger charge is 2.20. The van der Waals surface area contributed by atoms with E-state index in [9.17, 15) is 19.5 Å². The van der Waals surface area contributed by atoms with Crippen molar-refractivity contribution in [3.63, 3.8) is 0 Å². The van der Waals surface area contributed by atoms with Crippen molar-refractivity contribution in [2.45, 2.75) is 13.8 Å². The lowest BCUT2D eigenvalue weighted by Gasteiger charge is -2.18. The van der Waals surface area contributed by atoms with E-state index < -0.39 is 11.9 Å². The number of rotatable bonds is 9. The van der Waals surface area contributed by atoms with Crippen molar-refractivity contribution in [1.82, 2.24) is 0 Å². The van der Waals surface area contributed by atoms with Crippen LogP contribution in [0.3, 0.4) is 0 Å². The second-order valence-corrected chi connectivity index (χ2v) is 7.80. The molecule has 0 radical (unpaired) electrons. The molecule has 0 saturated heterocycles. The molecule has 0 spiro atoms. The van der Waals surface area contributed by atoms with E-state index in [1.807, 2.05) is 0 Å². The van der Waals surface area contributed by atoms with Crippen LogP contribution in [-0.4, -0.2) is 36.1 Å². The molecule has 0 aliphatic carbocycles. The number of carboxylic acids is 1. The van der Waals surface area contributed by atoms with Gasteiger partial charge in [-0.1, -0.05) is 24.3 Å². The predicted octanol–water partition coefficient (Wildman–Crippen LogP) is 5.45. The minimum Gasteiger partial charge on any atom is -0.492 e. The highest BCUT2D eigenvalue weighted by Crippen LogP contribution is 2.37. The van der Waals surface area contributed by atoms with Gasteiger partial charge in [0.25, 0.3) is 11.8 Å². The van der Waals surface area contributed by atoms with Crippen LogP contribution in [0.4, 0.5) is 11.4 Å². The number of ether oxygens (including phenoxy) is 2. The van der Waals surface area contributed by atoms with Gasteiger partial charge < -0.3 is 25.2 Å². The van der Waals surface area contributed by atoms with E-state index in [4.69, 9.17) is 9.47 Å². The van der Waals surface area contributed by atoms with Crippen LogP contribution in [-0.2, 0) is 0 Å². The maximum atomic E-state index is 12.9. The molecule has 8 nitrogen and oxygen atoms in total. The third kappa shape index (κ3) is 5.74. The Bertz CT molecular complexity index is 1230. The quantitative estimate of drug-likeness (QED) is 0.341. The lowest BCUT2D eigenvalue weighted by atomic mass is 10.1. The molecule has 0 aliphatic heterocycles. The number of carboxylic acid groups (broad SMARTS) is 1. The second kappa shape index (κ2) is 11.3. The summed E-state index contributed by atoms with van der Waals surface area (Å²) in [5.41, 5.74) is 0.942. The number of hydrogen-bond acceptors (Lipinski definition) is 5. The normalized spacial score (nSPS) is 10.3. The fourth-order valence-corrected chi connectivity index (χ4v) is 3.66. The maximum absolute atomic E-state index is 12.9. The lowest BCUT2D eigenvalue weighted by Crippen LogP contribution is -2.18. The molecule has 34 heavy (non-hydrogen) atoms. The van der Waals surface area contributed by atoms with E-state index in [-0.39, 0.29) is 28.5 Å². The summed E-state index contributed by atoms with van der Waals surface area (Å²) in [4.78, 5) is 37.3. The van der Waals surface area contributed by atoms with Gasteiger partial charge in [-0.15, -0.1) is 0 Å². The first kappa shape index (κ1) is 24.8. The topological polar surface area (TPSA) is 114 Å². The number of carbonyl (C=O) groups excluding carboxylic acids is 2. The molecule has 3 rings (SSSR count). The summed E-state index contributed by atoms with van der Waals surface area (Å²) in [5, 5.41) is 14.9. The molecular formula is C25H23BrN2O6. The molecule has 0 aromatic heterocycles. The monoisotopic (exact) mass is 526 g/mol. The van der Waals surface area contributed by atoms with Crippen LogP contribution in [0.5, 0.6) is 11.5 Å². The Hall–Kier alpha value is -3.85. The van der Waals surface area contributed by atoms with Gasteiger partial charge in [0.1, 0.15) is 11.5 Å². The molecule has 0 fully saturated rings. The predicted molar refractivity (Wildman–Crippen MR) is 132 cm³/mol. The number of amides is 2. The Morgan fingerprint density at radius 1 is 0.765 bits per heavy atom. The van der Waals surface area contributed by atoms with E-state index in [0.29, 0.717) is 34.7 Å². The molecule has 3 aromatic rings. The lowest BCUT2D eigenvalue weighted by molar-refractivity contribution is 0.0692. The molecule has 0 unspecified atom stereocenters. The van der Waals surface area contributed by atoms with Crippen molar-refractivity contribution in [3.05, 3.63) is 81.8 Å². The first-order valence-electron chi connectivity index (χ1n) is 10.5. The Kier molecular flexibility index (Phi) is 8.26. The van der Waals surface area contributed by atoms with Crippen LogP contribution >= 0.6 is 15.9 Å². The largest absolute Gasteiger partial charge is 0.492 e. The maximum Gasteiger partial charge on any atom is 0.336 e. The average Bonchev–Trinajstić information content (AvgIpc) is 2.82. The number of hydrogen-bond donors (Lipinski definition) is 3. The van der Waals surface area contributed by atoms with Crippen LogP contribution in [0.15, 0.2) is 65.1 Å². The van der Waals surface area contributed by atoms with Gasteiger partial charge in [0.05, 0.1) is 41.3 Å². The van der Waals surface area contributed by atoms with Crippen LogP contribution in [0, 0.1) is 0 Å². The average molecular weight is 527 g/mol. The summed E-state index contributed by atoms with van der Waals surface area (Å²) >= 11 is 3.37. The summed E-state index contributed by atoms with van der Waals surface area (Å²) in [7, 11) is 0. The van der Waals surface area contributed by atoms with E-state index in [2.05, 4.69) is 26.6 Å². The summed E-state index contributed by atoms with van der Waals surface area (Å²) in [6.07, 6.45) is 0. The summed E-state index contributed by atoms with van der Waals surface area (Å²) in [6.45, 7) is 4.17. The minimum absolute atomic E-state index is 0.00159. The van der Waals surface area contributed by atoms with Crippen molar-refractivity contribution in [2.24, 2.45) is 0 Å². The van der Waals surface area contributed by atoms with Gasteiger partial charge >= 0.3 is 5.97 Å². The standard InChI is InChI=1S/C25H23BrN2O6/c1-3-33-21-14-20(28-24(30)17-11-7-8-12-18(17)26)22(34-4-2)13-19(21)27-23(29)15-9-5-6-10-16(15)25(31)32/h5-14H,3-4H2,1-2H3,(H,27,29)(H,28,30)(H,31,32). The zero-order valence-corrected chi connectivity index (χ0v) is 20.1. The Labute approximate surface area is 205 Å². The van der Waals surface area contributed by atoms with Gasteiger partial charge in [-0.2, -0.15) is 0 Å². The van der Waals surface area contributed by atoms with Crippen LogP contribution in [0.1, 0.15) is 44.9 Å². The van der Waals surface area contributed by atoms with Gasteiger partial charge in [0.2, 0.25) is 0 Å². The fourth-order valence-electron chi connectivity index (χ4n) is 3.20. The van der Waals surface area contributed by atoms with Gasteiger partial charge in [-0.3, -0.25) is 9.59 Å². The van der Waals surface area contributed by atoms with Gasteiger partial charge in [-0.25, -0.2) is 4.79 Å². The van der Waals surface area contributed by atoms with Gasteiger partial charge in [0, 0.05) is 16.6 Å². The SMILES string of the molecule is CCOc1cc(NC(=O)c2ccccc2C(=O)O)c(OCC)cc1NC(=O)c1ccccc1Br. The smallest absolute Gasteiger partial charge is 0.336 e. The van der Waals surface area contributed by atoms with Crippen molar-refractivity contribution >= 4 is 45.1 Å². The third-order valence-corrected chi connectivity index (χ3v) is 5.39. The highest BCUT2D eigenvalue weighted by molar-refractivity contribution is 9.10. The molecule has 0 heterocycles. The molecular weight excluding hydrogens is 504 g/mol. The molecule has 176 valence electrons. The van der Waals surface area contributed by atoms with E-state index in [0.717, 1.165) is 0 Å². The second-order valence-electron chi connectivity index (χ2n) is 6.95. The minimum atomic E-state index is -1.21. The summed E-state index contributed by atoms with van der Waals surface area (Å²) in [6, 6.07) is 16.0. The fraction of sp³-hybridized carbons (Fsp3) is 0.160. The zero-order chi connectivity index (χ0) is 24.7. The number of aromatic carboxylic acids is 1. The number of benzene rings is 3. The van der Waals surface area contributed by atoms with Crippen molar-refractivity contribution in [1.29, 1.82) is 0 Å². The number of halogens is 1. The molecule has 0 aliphatic rings. The van der Waals surface area contributed by atoms with Gasteiger partial charge in [0.15, 0.2) is 0 Å². The highest BCUT2D eigenvalue weighted by atomic mass is 79.9. The molecule has 0 atom stereocenters.